The summed E-state index contributed by atoms with van der Waals surface area (Å²) in [5.74, 6) is 0. The predicted octanol–water partition coefficient (Wildman–Crippen LogP) is 2.31. The Bertz CT molecular complexity index is 274. The Hall–Kier alpha value is -0.380. The molecule has 0 aromatic heterocycles. The number of hydrogen-bond acceptors (Lipinski definition) is 2. The van der Waals surface area contributed by atoms with Crippen molar-refractivity contribution in [2.75, 3.05) is 6.61 Å². The highest BCUT2D eigenvalue weighted by atomic mass is 79.9. The number of aliphatic hydroxyl groups is 1. The first kappa shape index (κ1) is 11.7. The average Bonchev–Trinajstić information content (AvgIpc) is 2.19. The van der Waals surface area contributed by atoms with E-state index in [4.69, 9.17) is 5.11 Å². The standard InChI is InChI=1S/C11H16BrNO/c1-2-11(8-14)13-7-9-4-3-5-10(12)6-9/h3-6,11,13-14H,2,7-8H2,1H3/t11-/m0/s1. The number of benzene rings is 1. The van der Waals surface area contributed by atoms with Gasteiger partial charge in [-0.1, -0.05) is 35.0 Å². The van der Waals surface area contributed by atoms with Gasteiger partial charge in [0.25, 0.3) is 0 Å². The highest BCUT2D eigenvalue weighted by Crippen LogP contribution is 2.11. The molecule has 0 aliphatic carbocycles. The molecule has 0 spiro atoms. The molecule has 1 rings (SSSR count). The van der Waals surface area contributed by atoms with Crippen LogP contribution in [0.4, 0.5) is 0 Å². The van der Waals surface area contributed by atoms with Crippen molar-refractivity contribution in [2.24, 2.45) is 0 Å². The molecule has 0 radical (unpaired) electrons. The van der Waals surface area contributed by atoms with E-state index in [9.17, 15) is 0 Å². The summed E-state index contributed by atoms with van der Waals surface area (Å²) in [7, 11) is 0. The van der Waals surface area contributed by atoms with Gasteiger partial charge >= 0.3 is 0 Å². The van der Waals surface area contributed by atoms with Gasteiger partial charge in [-0.05, 0) is 24.1 Å². The van der Waals surface area contributed by atoms with Crippen LogP contribution in [0.2, 0.25) is 0 Å². The van der Waals surface area contributed by atoms with Crippen molar-refractivity contribution in [1.29, 1.82) is 0 Å². The van der Waals surface area contributed by atoms with Crippen molar-refractivity contribution >= 4 is 15.9 Å². The van der Waals surface area contributed by atoms with E-state index in [0.29, 0.717) is 0 Å². The molecular weight excluding hydrogens is 242 g/mol. The largest absolute Gasteiger partial charge is 0.395 e. The van der Waals surface area contributed by atoms with E-state index in [1.807, 2.05) is 12.1 Å². The summed E-state index contributed by atoms with van der Waals surface area (Å²) in [6.07, 6.45) is 0.949. The van der Waals surface area contributed by atoms with E-state index >= 15 is 0 Å². The SMILES string of the molecule is CC[C@@H](CO)NCc1cccc(Br)c1. The van der Waals surface area contributed by atoms with Gasteiger partial charge in [-0.15, -0.1) is 0 Å². The number of aliphatic hydroxyl groups excluding tert-OH is 1. The quantitative estimate of drug-likeness (QED) is 0.849. The molecule has 1 aromatic rings. The van der Waals surface area contributed by atoms with Crippen LogP contribution < -0.4 is 5.32 Å². The summed E-state index contributed by atoms with van der Waals surface area (Å²) >= 11 is 3.43. The molecule has 0 aliphatic heterocycles. The molecule has 0 fully saturated rings. The first-order chi connectivity index (χ1) is 6.76. The van der Waals surface area contributed by atoms with Crippen molar-refractivity contribution in [3.63, 3.8) is 0 Å². The zero-order chi connectivity index (χ0) is 10.4. The molecule has 0 saturated carbocycles. The lowest BCUT2D eigenvalue weighted by Gasteiger charge is -2.13. The molecule has 0 heterocycles. The van der Waals surface area contributed by atoms with Crippen molar-refractivity contribution in [1.82, 2.24) is 5.32 Å². The Kier molecular flexibility index (Phi) is 5.15. The highest BCUT2D eigenvalue weighted by molar-refractivity contribution is 9.10. The van der Waals surface area contributed by atoms with Crippen LogP contribution in [-0.4, -0.2) is 17.8 Å². The molecule has 0 bridgehead atoms. The Morgan fingerprint density at radius 1 is 1.50 bits per heavy atom. The van der Waals surface area contributed by atoms with Gasteiger partial charge in [0.1, 0.15) is 0 Å². The van der Waals surface area contributed by atoms with Gasteiger partial charge in [-0.25, -0.2) is 0 Å². The van der Waals surface area contributed by atoms with Gasteiger partial charge in [0, 0.05) is 17.1 Å². The summed E-state index contributed by atoms with van der Waals surface area (Å²) in [6, 6.07) is 8.38. The first-order valence-corrected chi connectivity index (χ1v) is 5.64. The minimum absolute atomic E-state index is 0.199. The van der Waals surface area contributed by atoms with E-state index in [2.05, 4.69) is 40.3 Å². The lowest BCUT2D eigenvalue weighted by atomic mass is 10.2. The van der Waals surface area contributed by atoms with Crippen LogP contribution in [0.3, 0.4) is 0 Å². The lowest BCUT2D eigenvalue weighted by molar-refractivity contribution is 0.238. The van der Waals surface area contributed by atoms with Crippen molar-refractivity contribution < 1.29 is 5.11 Å². The van der Waals surface area contributed by atoms with Crippen LogP contribution in [-0.2, 0) is 6.54 Å². The average molecular weight is 258 g/mol. The molecule has 3 heteroatoms. The van der Waals surface area contributed by atoms with Gasteiger partial charge < -0.3 is 10.4 Å². The van der Waals surface area contributed by atoms with Crippen LogP contribution in [0.25, 0.3) is 0 Å². The Morgan fingerprint density at radius 2 is 2.29 bits per heavy atom. The van der Waals surface area contributed by atoms with E-state index in [1.165, 1.54) is 5.56 Å². The summed E-state index contributed by atoms with van der Waals surface area (Å²) in [5, 5.41) is 12.3. The van der Waals surface area contributed by atoms with Gasteiger partial charge in [0.2, 0.25) is 0 Å². The summed E-state index contributed by atoms with van der Waals surface area (Å²) in [5.41, 5.74) is 1.23. The van der Waals surface area contributed by atoms with Crippen LogP contribution in [0.5, 0.6) is 0 Å². The van der Waals surface area contributed by atoms with E-state index < -0.39 is 0 Å². The summed E-state index contributed by atoms with van der Waals surface area (Å²) in [4.78, 5) is 0. The number of halogens is 1. The van der Waals surface area contributed by atoms with Crippen LogP contribution in [0.15, 0.2) is 28.7 Å². The molecule has 78 valence electrons. The molecule has 1 atom stereocenters. The molecule has 1 aromatic carbocycles. The van der Waals surface area contributed by atoms with Gasteiger partial charge in [-0.2, -0.15) is 0 Å². The maximum Gasteiger partial charge on any atom is 0.0584 e. The molecule has 2 nitrogen and oxygen atoms in total. The fraction of sp³-hybridized carbons (Fsp3) is 0.455. The molecule has 2 N–H and O–H groups in total. The second-order valence-electron chi connectivity index (χ2n) is 3.30. The molecule has 0 aliphatic rings. The third-order valence-electron chi connectivity index (χ3n) is 2.20. The molecule has 0 unspecified atom stereocenters. The monoisotopic (exact) mass is 257 g/mol. The zero-order valence-electron chi connectivity index (χ0n) is 8.33. The highest BCUT2D eigenvalue weighted by Gasteiger charge is 2.02. The smallest absolute Gasteiger partial charge is 0.0584 e. The summed E-state index contributed by atoms with van der Waals surface area (Å²) < 4.78 is 1.09. The Morgan fingerprint density at radius 3 is 2.86 bits per heavy atom. The van der Waals surface area contributed by atoms with Crippen LogP contribution >= 0.6 is 15.9 Å². The third-order valence-corrected chi connectivity index (χ3v) is 2.69. The number of nitrogens with one attached hydrogen (secondary N) is 1. The van der Waals surface area contributed by atoms with Crippen molar-refractivity contribution in [2.45, 2.75) is 25.9 Å². The van der Waals surface area contributed by atoms with E-state index in [0.717, 1.165) is 17.4 Å². The Labute approximate surface area is 93.5 Å². The van der Waals surface area contributed by atoms with Gasteiger partial charge in [0.15, 0.2) is 0 Å². The fourth-order valence-electron chi connectivity index (χ4n) is 1.25. The first-order valence-electron chi connectivity index (χ1n) is 4.85. The molecule has 14 heavy (non-hydrogen) atoms. The van der Waals surface area contributed by atoms with Crippen molar-refractivity contribution in [3.8, 4) is 0 Å². The number of hydrogen-bond donors (Lipinski definition) is 2. The summed E-state index contributed by atoms with van der Waals surface area (Å²) in [6.45, 7) is 3.07. The van der Waals surface area contributed by atoms with E-state index in [1.54, 1.807) is 0 Å². The van der Waals surface area contributed by atoms with Crippen LogP contribution in [0, 0.1) is 0 Å². The van der Waals surface area contributed by atoms with Crippen LogP contribution in [0.1, 0.15) is 18.9 Å². The fourth-order valence-corrected chi connectivity index (χ4v) is 1.69. The molecular formula is C11H16BrNO. The normalized spacial score (nSPS) is 12.8. The minimum atomic E-state index is 0.199. The Balaban J connectivity index is 2.44. The van der Waals surface area contributed by atoms with Crippen molar-refractivity contribution in [3.05, 3.63) is 34.3 Å². The maximum atomic E-state index is 8.99. The van der Waals surface area contributed by atoms with Gasteiger partial charge in [-0.3, -0.25) is 0 Å². The van der Waals surface area contributed by atoms with Gasteiger partial charge in [0.05, 0.1) is 6.61 Å². The number of rotatable bonds is 5. The predicted molar refractivity (Wildman–Crippen MR) is 62.1 cm³/mol. The topological polar surface area (TPSA) is 32.3 Å². The minimum Gasteiger partial charge on any atom is -0.395 e. The third kappa shape index (κ3) is 3.78. The second kappa shape index (κ2) is 6.17. The zero-order valence-corrected chi connectivity index (χ0v) is 9.92. The molecule has 0 saturated heterocycles. The second-order valence-corrected chi connectivity index (χ2v) is 4.21. The van der Waals surface area contributed by atoms with E-state index in [-0.39, 0.29) is 12.6 Å². The lowest BCUT2D eigenvalue weighted by Crippen LogP contribution is -2.31. The molecule has 0 amide bonds. The maximum absolute atomic E-state index is 8.99.